The van der Waals surface area contributed by atoms with Gasteiger partial charge in [0.1, 0.15) is 0 Å². The van der Waals surface area contributed by atoms with Crippen molar-refractivity contribution >= 4 is 44.2 Å². The van der Waals surface area contributed by atoms with Crippen LogP contribution in [0.1, 0.15) is 24.3 Å². The first kappa shape index (κ1) is 18.1. The molecule has 29 heavy (non-hydrogen) atoms. The van der Waals surface area contributed by atoms with Gasteiger partial charge in [-0.05, 0) is 30.2 Å². The molecule has 0 saturated carbocycles. The van der Waals surface area contributed by atoms with Crippen molar-refractivity contribution < 1.29 is 9.59 Å². The van der Waals surface area contributed by atoms with Crippen LogP contribution in [0, 0.1) is 0 Å². The van der Waals surface area contributed by atoms with Gasteiger partial charge in [-0.25, -0.2) is 4.98 Å². The van der Waals surface area contributed by atoms with Crippen LogP contribution in [0.25, 0.3) is 10.2 Å². The number of fused-ring (bicyclic) bond motifs is 2. The zero-order valence-corrected chi connectivity index (χ0v) is 16.8. The molecule has 1 aromatic heterocycles. The zero-order valence-electron chi connectivity index (χ0n) is 16.0. The fraction of sp³-hybridized carbons (Fsp3) is 0.318. The average molecular weight is 407 g/mol. The van der Waals surface area contributed by atoms with E-state index in [4.69, 9.17) is 4.98 Å². The Morgan fingerprint density at radius 3 is 2.66 bits per heavy atom. The molecular formula is C22H22N4O2S. The topological polar surface area (TPSA) is 65.5 Å². The van der Waals surface area contributed by atoms with Gasteiger partial charge < -0.3 is 15.1 Å². The largest absolute Gasteiger partial charge is 0.345 e. The molecule has 1 atom stereocenters. The fourth-order valence-corrected chi connectivity index (χ4v) is 5.15. The molecule has 148 valence electrons. The highest BCUT2D eigenvalue weighted by Crippen LogP contribution is 2.35. The number of nitrogens with zero attached hydrogens (tertiary/aromatic N) is 3. The van der Waals surface area contributed by atoms with Crippen molar-refractivity contribution in [2.24, 2.45) is 0 Å². The monoisotopic (exact) mass is 406 g/mol. The first-order valence-corrected chi connectivity index (χ1v) is 10.8. The van der Waals surface area contributed by atoms with Gasteiger partial charge >= 0.3 is 0 Å². The van der Waals surface area contributed by atoms with Crippen LogP contribution in [-0.4, -0.2) is 47.9 Å². The van der Waals surface area contributed by atoms with Crippen LogP contribution in [0.4, 0.5) is 10.8 Å². The second-order valence-corrected chi connectivity index (χ2v) is 8.51. The van der Waals surface area contributed by atoms with E-state index in [1.807, 2.05) is 47.4 Å². The molecule has 0 aliphatic carbocycles. The third-order valence-corrected chi connectivity index (χ3v) is 6.84. The second kappa shape index (κ2) is 7.48. The minimum atomic E-state index is -0.223. The molecular weight excluding hydrogens is 384 g/mol. The van der Waals surface area contributed by atoms with Crippen LogP contribution in [-0.2, 0) is 9.59 Å². The van der Waals surface area contributed by atoms with E-state index in [1.54, 1.807) is 11.3 Å². The molecule has 0 spiro atoms. The molecule has 2 aliphatic rings. The summed E-state index contributed by atoms with van der Waals surface area (Å²) in [5.74, 6) is -0.0926. The first-order chi connectivity index (χ1) is 14.2. The second-order valence-electron chi connectivity index (χ2n) is 7.50. The third-order valence-electron chi connectivity index (χ3n) is 5.74. The normalized spacial score (nSPS) is 18.8. The van der Waals surface area contributed by atoms with Gasteiger partial charge in [0.25, 0.3) is 0 Å². The van der Waals surface area contributed by atoms with E-state index in [9.17, 15) is 9.59 Å². The molecule has 0 unspecified atom stereocenters. The van der Waals surface area contributed by atoms with Crippen molar-refractivity contribution in [3.63, 3.8) is 0 Å². The van der Waals surface area contributed by atoms with Crippen LogP contribution < -0.4 is 10.2 Å². The van der Waals surface area contributed by atoms with Crippen molar-refractivity contribution in [2.45, 2.75) is 18.8 Å². The number of hydrogen-bond donors (Lipinski definition) is 1. The van der Waals surface area contributed by atoms with Crippen LogP contribution >= 0.6 is 11.3 Å². The lowest BCUT2D eigenvalue weighted by Gasteiger charge is -2.34. The van der Waals surface area contributed by atoms with Gasteiger partial charge in [-0.15, -0.1) is 0 Å². The van der Waals surface area contributed by atoms with Gasteiger partial charge in [-0.3, -0.25) is 9.59 Å². The summed E-state index contributed by atoms with van der Waals surface area (Å²) >= 11 is 1.70. The summed E-state index contributed by atoms with van der Waals surface area (Å²) in [7, 11) is 0. The number of anilines is 2. The molecule has 0 radical (unpaired) electrons. The highest BCUT2D eigenvalue weighted by Gasteiger charge is 2.31. The summed E-state index contributed by atoms with van der Waals surface area (Å²) in [5, 5.41) is 3.93. The van der Waals surface area contributed by atoms with Gasteiger partial charge in [-0.2, -0.15) is 0 Å². The maximum Gasteiger partial charge on any atom is 0.232 e. The SMILES string of the molecule is O=C1Nc2ccccc2[C@H]1CCC(=O)N1CCN(c2nc3ccccc3s2)CC1. The van der Waals surface area contributed by atoms with Crippen molar-refractivity contribution in [3.8, 4) is 0 Å². The summed E-state index contributed by atoms with van der Waals surface area (Å²) in [6.07, 6.45) is 0.952. The molecule has 1 saturated heterocycles. The number of piperazine rings is 1. The third kappa shape index (κ3) is 3.46. The Balaban J connectivity index is 1.17. The molecule has 2 aromatic carbocycles. The summed E-state index contributed by atoms with van der Waals surface area (Å²) in [4.78, 5) is 33.9. The van der Waals surface area contributed by atoms with E-state index in [0.29, 0.717) is 25.9 Å². The van der Waals surface area contributed by atoms with Crippen LogP contribution in [0.5, 0.6) is 0 Å². The molecule has 2 amide bonds. The van der Waals surface area contributed by atoms with Gasteiger partial charge in [0.15, 0.2) is 5.13 Å². The molecule has 1 fully saturated rings. The van der Waals surface area contributed by atoms with Crippen molar-refractivity contribution in [1.29, 1.82) is 0 Å². The van der Waals surface area contributed by atoms with E-state index in [1.165, 1.54) is 4.70 Å². The van der Waals surface area contributed by atoms with Crippen molar-refractivity contribution in [2.75, 3.05) is 36.4 Å². The lowest BCUT2D eigenvalue weighted by molar-refractivity contribution is -0.131. The molecule has 5 rings (SSSR count). The Morgan fingerprint density at radius 1 is 1.07 bits per heavy atom. The minimum absolute atomic E-state index is 0.000319. The Morgan fingerprint density at radius 2 is 1.83 bits per heavy atom. The molecule has 6 nitrogen and oxygen atoms in total. The number of aromatic nitrogens is 1. The van der Waals surface area contributed by atoms with E-state index in [-0.39, 0.29) is 17.7 Å². The number of nitrogens with one attached hydrogen (secondary N) is 1. The number of benzene rings is 2. The highest BCUT2D eigenvalue weighted by atomic mass is 32.1. The Labute approximate surface area is 173 Å². The average Bonchev–Trinajstić information content (AvgIpc) is 3.32. The van der Waals surface area contributed by atoms with Crippen molar-refractivity contribution in [3.05, 3.63) is 54.1 Å². The molecule has 3 heterocycles. The molecule has 0 bridgehead atoms. The van der Waals surface area contributed by atoms with Gasteiger partial charge in [0.2, 0.25) is 11.8 Å². The lowest BCUT2D eigenvalue weighted by Crippen LogP contribution is -2.48. The van der Waals surface area contributed by atoms with Gasteiger partial charge in [-0.1, -0.05) is 41.7 Å². The van der Waals surface area contributed by atoms with Crippen molar-refractivity contribution in [1.82, 2.24) is 9.88 Å². The first-order valence-electron chi connectivity index (χ1n) is 9.97. The Hall–Kier alpha value is -2.93. The smallest absolute Gasteiger partial charge is 0.232 e. The summed E-state index contributed by atoms with van der Waals surface area (Å²) in [6.45, 7) is 2.97. The van der Waals surface area contributed by atoms with E-state index in [2.05, 4.69) is 16.3 Å². The maximum atomic E-state index is 12.7. The number of thiazole rings is 1. The minimum Gasteiger partial charge on any atom is -0.345 e. The number of carbonyl (C=O) groups is 2. The molecule has 2 aliphatic heterocycles. The van der Waals surface area contributed by atoms with E-state index in [0.717, 1.165) is 35.0 Å². The van der Waals surface area contributed by atoms with E-state index < -0.39 is 0 Å². The molecule has 3 aromatic rings. The molecule has 1 N–H and O–H groups in total. The number of para-hydroxylation sites is 2. The maximum absolute atomic E-state index is 12.7. The quantitative estimate of drug-likeness (QED) is 0.721. The summed E-state index contributed by atoms with van der Waals surface area (Å²) < 4.78 is 1.19. The summed E-state index contributed by atoms with van der Waals surface area (Å²) in [5.41, 5.74) is 2.91. The standard InChI is InChI=1S/C22H22N4O2S/c27-20(10-9-16-15-5-1-2-6-17(15)23-21(16)28)25-11-13-26(14-12-25)22-24-18-7-3-4-8-19(18)29-22/h1-8,16H,9-14H2,(H,23,28)/t16-/m1/s1. The highest BCUT2D eigenvalue weighted by molar-refractivity contribution is 7.22. The Bertz CT molecular complexity index is 1040. The number of hydrogen-bond acceptors (Lipinski definition) is 5. The Kier molecular flexibility index (Phi) is 4.67. The predicted molar refractivity (Wildman–Crippen MR) is 115 cm³/mol. The fourth-order valence-electron chi connectivity index (χ4n) is 4.13. The van der Waals surface area contributed by atoms with Crippen LogP contribution in [0.15, 0.2) is 48.5 Å². The number of amides is 2. The van der Waals surface area contributed by atoms with Gasteiger partial charge in [0, 0.05) is 38.3 Å². The van der Waals surface area contributed by atoms with Crippen LogP contribution in [0.3, 0.4) is 0 Å². The van der Waals surface area contributed by atoms with Gasteiger partial charge in [0.05, 0.1) is 16.1 Å². The number of carbonyl (C=O) groups excluding carboxylic acids is 2. The number of rotatable bonds is 4. The lowest BCUT2D eigenvalue weighted by atomic mass is 9.95. The van der Waals surface area contributed by atoms with Crippen LogP contribution in [0.2, 0.25) is 0 Å². The summed E-state index contributed by atoms with van der Waals surface area (Å²) in [6, 6.07) is 15.9. The molecule has 7 heteroatoms. The van der Waals surface area contributed by atoms with E-state index >= 15 is 0 Å². The predicted octanol–water partition coefficient (Wildman–Crippen LogP) is 3.46. The zero-order chi connectivity index (χ0) is 19.8.